The molecule has 4 atom stereocenters. The van der Waals surface area contributed by atoms with E-state index in [9.17, 15) is 19.8 Å². The number of phenolic OH excluding ortho intramolecular Hbond substituents is 1. The lowest BCUT2D eigenvalue weighted by molar-refractivity contribution is -0.141. The number of benzene rings is 2. The average molecular weight is 804 g/mol. The molecule has 0 bridgehead atoms. The first-order valence-electron chi connectivity index (χ1n) is 19.8. The number of aliphatic hydroxyl groups excluding tert-OH is 1. The third-order valence-electron chi connectivity index (χ3n) is 11.5. The second kappa shape index (κ2) is 16.3. The molecule has 14 nitrogen and oxygen atoms in total. The Balaban J connectivity index is 0.902. The van der Waals surface area contributed by atoms with Gasteiger partial charge in [-0.05, 0) is 54.7 Å². The second-order valence-electron chi connectivity index (χ2n) is 15.9. The van der Waals surface area contributed by atoms with Gasteiger partial charge in [-0.3, -0.25) is 14.5 Å². The van der Waals surface area contributed by atoms with Crippen molar-refractivity contribution in [2.45, 2.75) is 71.2 Å². The molecule has 4 aromatic heterocycles. The van der Waals surface area contributed by atoms with Crippen LogP contribution < -0.4 is 10.2 Å². The Morgan fingerprint density at radius 3 is 2.64 bits per heavy atom. The number of carbonyl (C=O) groups is 2. The van der Waals surface area contributed by atoms with Crippen LogP contribution in [0.15, 0.2) is 70.7 Å². The fourth-order valence-corrected chi connectivity index (χ4v) is 9.01. The Labute approximate surface area is 340 Å². The summed E-state index contributed by atoms with van der Waals surface area (Å²) < 4.78 is 5.86. The van der Waals surface area contributed by atoms with E-state index in [1.165, 1.54) is 10.5 Å². The quantitative estimate of drug-likeness (QED) is 0.117. The lowest BCUT2D eigenvalue weighted by Gasteiger charge is -2.29. The molecule has 2 aliphatic rings. The van der Waals surface area contributed by atoms with Gasteiger partial charge in [0.1, 0.15) is 17.7 Å². The highest BCUT2D eigenvalue weighted by atomic mass is 32.1. The number of amides is 2. The maximum atomic E-state index is 14.3. The molecule has 6 aromatic rings. The van der Waals surface area contributed by atoms with Crippen LogP contribution in [-0.4, -0.2) is 103 Å². The predicted octanol–water partition coefficient (Wildman–Crippen LogP) is 5.82. The lowest BCUT2D eigenvalue weighted by Crippen LogP contribution is -2.48. The molecule has 0 unspecified atom stereocenters. The summed E-state index contributed by atoms with van der Waals surface area (Å²) in [5.74, 6) is -0.220. The monoisotopic (exact) mass is 803 g/mol. The molecule has 0 spiro atoms. The average Bonchev–Trinajstić information content (AvgIpc) is 4.03. The first-order valence-corrected chi connectivity index (χ1v) is 20.7. The number of aromatic amines is 1. The molecule has 302 valence electrons. The van der Waals surface area contributed by atoms with Crippen LogP contribution in [0, 0.1) is 12.8 Å². The number of aliphatic hydroxyl groups is 1. The van der Waals surface area contributed by atoms with Crippen molar-refractivity contribution in [1.29, 1.82) is 0 Å². The number of carbonyl (C=O) groups excluding carboxylic acids is 2. The number of β-amino-alcohol motifs (C(OH)–C–C–N with tert-alkyl or cyclic N) is 1. The number of aryl methyl sites for hydroxylation is 1. The zero-order chi connectivity index (χ0) is 40.7. The number of phenols is 1. The van der Waals surface area contributed by atoms with E-state index in [1.807, 2.05) is 93.7 Å². The highest BCUT2D eigenvalue weighted by Crippen LogP contribution is 2.35. The van der Waals surface area contributed by atoms with Crippen molar-refractivity contribution >= 4 is 40.0 Å². The molecule has 0 saturated carbocycles. The van der Waals surface area contributed by atoms with Crippen LogP contribution in [0.1, 0.15) is 67.4 Å². The Morgan fingerprint density at radius 2 is 1.90 bits per heavy atom. The number of nitrogens with one attached hydrogen (secondary N) is 2. The molecule has 1 fully saturated rings. The van der Waals surface area contributed by atoms with Crippen molar-refractivity contribution in [2.75, 3.05) is 38.1 Å². The van der Waals surface area contributed by atoms with Crippen molar-refractivity contribution < 1.29 is 24.3 Å². The second-order valence-corrected chi connectivity index (χ2v) is 16.7. The number of aromatic nitrogens is 5. The molecule has 0 aliphatic carbocycles. The van der Waals surface area contributed by atoms with E-state index in [-0.39, 0.29) is 42.5 Å². The van der Waals surface area contributed by atoms with Crippen molar-refractivity contribution in [3.05, 3.63) is 94.4 Å². The number of thiazole rings is 1. The zero-order valence-corrected chi connectivity index (χ0v) is 34.2. The van der Waals surface area contributed by atoms with E-state index in [4.69, 9.17) is 4.52 Å². The number of fused-ring (bicyclic) bond motifs is 3. The molecule has 8 rings (SSSR count). The molecule has 1 saturated heterocycles. The van der Waals surface area contributed by atoms with Gasteiger partial charge in [-0.1, -0.05) is 55.4 Å². The van der Waals surface area contributed by atoms with Gasteiger partial charge in [-0.25, -0.2) is 4.98 Å². The van der Waals surface area contributed by atoms with Gasteiger partial charge < -0.3 is 34.8 Å². The molecular weight excluding hydrogens is 755 g/mol. The van der Waals surface area contributed by atoms with E-state index < -0.39 is 18.1 Å². The van der Waals surface area contributed by atoms with Gasteiger partial charge >= 0.3 is 0 Å². The summed E-state index contributed by atoms with van der Waals surface area (Å²) in [5, 5.41) is 38.4. The first-order chi connectivity index (χ1) is 27.9. The summed E-state index contributed by atoms with van der Waals surface area (Å²) in [7, 11) is 1.95. The van der Waals surface area contributed by atoms with Gasteiger partial charge in [0.05, 0.1) is 33.9 Å². The third-order valence-corrected chi connectivity index (χ3v) is 12.5. The molecule has 6 heterocycles. The van der Waals surface area contributed by atoms with Crippen molar-refractivity contribution in [1.82, 2.24) is 40.4 Å². The van der Waals surface area contributed by atoms with Gasteiger partial charge in [0, 0.05) is 75.3 Å². The fraction of sp³-hybridized carbons (Fsp3) is 0.395. The SMILES string of the molecule is Cc1ncsc1-c1ccc([C@H](C)NC(=O)[C@@H]2C[C@@H](O)CN2C(=O)[C@@H](c2cc(N(C)CCN3CCc4[nH]c5nnc(-c6ccccc6O)cc5c4C3)no2)C(C)C)cc1. The van der Waals surface area contributed by atoms with Gasteiger partial charge in [-0.15, -0.1) is 21.5 Å². The minimum Gasteiger partial charge on any atom is -0.507 e. The van der Waals surface area contributed by atoms with Crippen molar-refractivity contribution in [2.24, 2.45) is 5.92 Å². The smallest absolute Gasteiger partial charge is 0.243 e. The number of aromatic hydroxyl groups is 1. The summed E-state index contributed by atoms with van der Waals surface area (Å²) in [6.45, 7) is 10.9. The highest BCUT2D eigenvalue weighted by molar-refractivity contribution is 7.13. The van der Waals surface area contributed by atoms with E-state index in [2.05, 4.69) is 35.5 Å². The van der Waals surface area contributed by atoms with Crippen LogP contribution in [0.5, 0.6) is 5.75 Å². The van der Waals surface area contributed by atoms with Crippen LogP contribution in [0.2, 0.25) is 0 Å². The van der Waals surface area contributed by atoms with E-state index >= 15 is 0 Å². The molecular formula is C43H49N9O5S. The number of para-hydroxylation sites is 1. The maximum absolute atomic E-state index is 14.3. The maximum Gasteiger partial charge on any atom is 0.243 e. The van der Waals surface area contributed by atoms with Crippen LogP contribution >= 0.6 is 11.3 Å². The van der Waals surface area contributed by atoms with Crippen molar-refractivity contribution in [3.8, 4) is 27.4 Å². The Bertz CT molecular complexity index is 2420. The molecule has 0 radical (unpaired) electrons. The van der Waals surface area contributed by atoms with Gasteiger partial charge in [0.2, 0.25) is 11.8 Å². The summed E-state index contributed by atoms with van der Waals surface area (Å²) in [6.07, 6.45) is 0.186. The van der Waals surface area contributed by atoms with Crippen LogP contribution in [0.25, 0.3) is 32.7 Å². The summed E-state index contributed by atoms with van der Waals surface area (Å²) in [6, 6.07) is 17.9. The van der Waals surface area contributed by atoms with E-state index in [1.54, 1.807) is 23.5 Å². The standard InChI is InChI=1S/C43H49N9O5S/c1-24(2)39(43(56)52-21-29(53)18-35(52)42(55)45-25(3)27-10-12-28(13-11-27)40-26(4)44-23-58-40)37-20-38(49-57-37)50(5)16-17-51-15-14-33-32(22-51)31-19-34(47-48-41(31)46-33)30-8-6-7-9-36(30)54/h6-13,19-20,23-25,29,35,39,53-54H,14-18,21-22H2,1-5H3,(H,45,55)(H,46,48)/t25-,29+,35-,39+/m0/s1. The van der Waals surface area contributed by atoms with E-state index in [0.29, 0.717) is 29.4 Å². The Kier molecular flexibility index (Phi) is 11.0. The number of rotatable bonds is 12. The summed E-state index contributed by atoms with van der Waals surface area (Å²) >= 11 is 1.59. The lowest BCUT2D eigenvalue weighted by atomic mass is 9.91. The fourth-order valence-electron chi connectivity index (χ4n) is 8.20. The molecule has 15 heteroatoms. The number of hydrogen-bond acceptors (Lipinski definition) is 12. The molecule has 58 heavy (non-hydrogen) atoms. The molecule has 4 N–H and O–H groups in total. The van der Waals surface area contributed by atoms with Crippen LogP contribution in [0.3, 0.4) is 0 Å². The van der Waals surface area contributed by atoms with Gasteiger partial charge in [0.15, 0.2) is 17.2 Å². The van der Waals surface area contributed by atoms with Crippen LogP contribution in [-0.2, 0) is 22.6 Å². The van der Waals surface area contributed by atoms with Crippen LogP contribution in [0.4, 0.5) is 5.82 Å². The van der Waals surface area contributed by atoms with Gasteiger partial charge in [0.25, 0.3) is 0 Å². The number of likely N-dealkylation sites (tertiary alicyclic amines) is 1. The largest absolute Gasteiger partial charge is 0.507 e. The topological polar surface area (TPSA) is 177 Å². The Hall–Kier alpha value is -5.64. The summed E-state index contributed by atoms with van der Waals surface area (Å²) in [5.41, 5.74) is 9.16. The van der Waals surface area contributed by atoms with E-state index in [0.717, 1.165) is 64.5 Å². The van der Waals surface area contributed by atoms with Gasteiger partial charge in [-0.2, -0.15) is 0 Å². The normalized spacial score (nSPS) is 18.1. The Morgan fingerprint density at radius 1 is 1.10 bits per heavy atom. The summed E-state index contributed by atoms with van der Waals surface area (Å²) in [4.78, 5) is 42.8. The first kappa shape index (κ1) is 39.2. The number of hydrogen-bond donors (Lipinski definition) is 4. The number of H-pyrrole nitrogens is 1. The number of anilines is 1. The zero-order valence-electron chi connectivity index (χ0n) is 33.3. The third kappa shape index (κ3) is 7.81. The predicted molar refractivity (Wildman–Crippen MR) is 222 cm³/mol. The number of nitrogens with zero attached hydrogens (tertiary/aromatic N) is 7. The highest BCUT2D eigenvalue weighted by Gasteiger charge is 2.43. The minimum absolute atomic E-state index is 0.0644. The number of likely N-dealkylation sites (N-methyl/N-ethyl adjacent to an activating group) is 1. The van der Waals surface area contributed by atoms with Crippen molar-refractivity contribution in [3.63, 3.8) is 0 Å². The minimum atomic E-state index is -0.818. The molecule has 2 amide bonds. The molecule has 2 aromatic carbocycles. The molecule has 2 aliphatic heterocycles.